The molecule has 0 spiro atoms. The van der Waals surface area contributed by atoms with Crippen molar-refractivity contribution in [2.24, 2.45) is 5.73 Å². The Kier molecular flexibility index (Phi) is 7.50. The summed E-state index contributed by atoms with van der Waals surface area (Å²) in [4.78, 5) is 33.9. The number of rotatable bonds is 4. The SMILES string of the molecule is CN1C(=O)CCCc2ccc(N3CCN4CCC3CC4)cc21.NC(=O)c1n[nH]c(Cc2ccccc2)n1. The van der Waals surface area contributed by atoms with Gasteiger partial charge in [0.1, 0.15) is 5.82 Å². The normalized spacial score (nSPS) is 20.9. The van der Waals surface area contributed by atoms with Crippen LogP contribution in [0.25, 0.3) is 0 Å². The first-order valence-electron chi connectivity index (χ1n) is 13.1. The highest BCUT2D eigenvalue weighted by molar-refractivity contribution is 5.95. The summed E-state index contributed by atoms with van der Waals surface area (Å²) in [5.41, 5.74) is 9.88. The van der Waals surface area contributed by atoms with Gasteiger partial charge in [0.25, 0.3) is 5.91 Å². The fourth-order valence-corrected chi connectivity index (χ4v) is 5.49. The number of fused-ring (bicyclic) bond motifs is 5. The van der Waals surface area contributed by atoms with Crippen LogP contribution in [-0.4, -0.2) is 71.2 Å². The lowest BCUT2D eigenvalue weighted by atomic mass is 10.0. The van der Waals surface area contributed by atoms with Gasteiger partial charge in [0.05, 0.1) is 0 Å². The van der Waals surface area contributed by atoms with Crippen LogP contribution in [0.1, 0.15) is 53.3 Å². The molecule has 3 aromatic rings. The molecule has 0 saturated carbocycles. The molecular formula is C28H35N7O2. The third-order valence-electron chi connectivity index (χ3n) is 7.59. The molecule has 4 aliphatic heterocycles. The number of aromatic amines is 1. The number of H-pyrrole nitrogens is 1. The van der Waals surface area contributed by atoms with E-state index in [0.29, 0.717) is 24.7 Å². The number of aryl methyl sites for hydroxylation is 1. The molecule has 3 fully saturated rings. The smallest absolute Gasteiger partial charge is 0.288 e. The third kappa shape index (κ3) is 5.83. The van der Waals surface area contributed by atoms with Crippen LogP contribution in [0.4, 0.5) is 11.4 Å². The topological polar surface area (TPSA) is 111 Å². The van der Waals surface area contributed by atoms with Gasteiger partial charge in [0.15, 0.2) is 0 Å². The van der Waals surface area contributed by atoms with Crippen molar-refractivity contribution in [3.63, 3.8) is 0 Å². The maximum atomic E-state index is 12.2. The molecule has 0 radical (unpaired) electrons. The summed E-state index contributed by atoms with van der Waals surface area (Å²) in [6, 6.07) is 17.2. The first kappa shape index (κ1) is 25.0. The van der Waals surface area contributed by atoms with Crippen molar-refractivity contribution in [1.82, 2.24) is 20.1 Å². The fraction of sp³-hybridized carbons (Fsp3) is 0.429. The minimum Gasteiger partial charge on any atom is -0.367 e. The van der Waals surface area contributed by atoms with E-state index in [0.717, 1.165) is 30.6 Å². The number of aromatic nitrogens is 3. The second kappa shape index (κ2) is 11.1. The molecule has 0 unspecified atom stereocenters. The summed E-state index contributed by atoms with van der Waals surface area (Å²) < 4.78 is 0. The Morgan fingerprint density at radius 2 is 1.84 bits per heavy atom. The van der Waals surface area contributed by atoms with Crippen LogP contribution in [0.5, 0.6) is 0 Å². The molecular weight excluding hydrogens is 466 g/mol. The van der Waals surface area contributed by atoms with E-state index in [1.54, 1.807) is 0 Å². The van der Waals surface area contributed by atoms with E-state index in [2.05, 4.69) is 43.2 Å². The van der Waals surface area contributed by atoms with Crippen LogP contribution >= 0.6 is 0 Å². The van der Waals surface area contributed by atoms with Gasteiger partial charge in [0, 0.05) is 63.5 Å². The van der Waals surface area contributed by atoms with Gasteiger partial charge in [-0.25, -0.2) is 4.98 Å². The highest BCUT2D eigenvalue weighted by Gasteiger charge is 2.30. The van der Waals surface area contributed by atoms with E-state index in [-0.39, 0.29) is 11.7 Å². The van der Waals surface area contributed by atoms with Crippen molar-refractivity contribution in [1.29, 1.82) is 0 Å². The summed E-state index contributed by atoms with van der Waals surface area (Å²) in [5.74, 6) is 0.292. The predicted molar refractivity (Wildman–Crippen MR) is 144 cm³/mol. The Hall–Kier alpha value is -3.72. The van der Waals surface area contributed by atoms with Crippen LogP contribution in [0.15, 0.2) is 48.5 Å². The summed E-state index contributed by atoms with van der Waals surface area (Å²) in [5, 5.41) is 6.37. The lowest BCUT2D eigenvalue weighted by molar-refractivity contribution is -0.118. The van der Waals surface area contributed by atoms with Gasteiger partial charge in [-0.05, 0) is 48.9 Å². The maximum Gasteiger partial charge on any atom is 0.288 e. The van der Waals surface area contributed by atoms with Crippen LogP contribution < -0.4 is 15.5 Å². The van der Waals surface area contributed by atoms with Gasteiger partial charge in [-0.2, -0.15) is 0 Å². The minimum atomic E-state index is -0.620. The molecule has 2 aromatic carbocycles. The number of carbonyl (C=O) groups excluding carboxylic acids is 2. The minimum absolute atomic E-state index is 0.0286. The van der Waals surface area contributed by atoms with Crippen LogP contribution in [0.2, 0.25) is 0 Å². The highest BCUT2D eigenvalue weighted by Crippen LogP contribution is 2.33. The van der Waals surface area contributed by atoms with Crippen LogP contribution in [0.3, 0.4) is 0 Å². The second-order valence-corrected chi connectivity index (χ2v) is 10.0. The zero-order chi connectivity index (χ0) is 25.8. The number of primary amides is 1. The molecule has 2 amide bonds. The maximum absolute atomic E-state index is 12.2. The Labute approximate surface area is 217 Å². The van der Waals surface area contributed by atoms with Gasteiger partial charge in [0.2, 0.25) is 11.7 Å². The zero-order valence-electron chi connectivity index (χ0n) is 21.4. The third-order valence-corrected chi connectivity index (χ3v) is 7.59. The number of amides is 2. The molecule has 3 saturated heterocycles. The fourth-order valence-electron chi connectivity index (χ4n) is 5.49. The number of benzene rings is 2. The van der Waals surface area contributed by atoms with Gasteiger partial charge in [-0.1, -0.05) is 36.4 Å². The van der Waals surface area contributed by atoms with Gasteiger partial charge in [-0.3, -0.25) is 14.7 Å². The number of piperidine rings is 1. The van der Waals surface area contributed by atoms with Gasteiger partial charge >= 0.3 is 0 Å². The Bertz CT molecular complexity index is 1230. The molecule has 37 heavy (non-hydrogen) atoms. The van der Waals surface area contributed by atoms with E-state index < -0.39 is 5.91 Å². The molecule has 1 aromatic heterocycles. The first-order chi connectivity index (χ1) is 18.0. The highest BCUT2D eigenvalue weighted by atomic mass is 16.2. The molecule has 0 atom stereocenters. The average Bonchev–Trinajstić information content (AvgIpc) is 3.09. The Morgan fingerprint density at radius 3 is 2.57 bits per heavy atom. The number of nitrogens with two attached hydrogens (primary N) is 1. The summed E-state index contributed by atoms with van der Waals surface area (Å²) in [6.45, 7) is 4.76. The number of hydrogen-bond acceptors (Lipinski definition) is 6. The number of hydrogen-bond donors (Lipinski definition) is 2. The quantitative estimate of drug-likeness (QED) is 0.569. The molecule has 7 rings (SSSR count). The summed E-state index contributed by atoms with van der Waals surface area (Å²) in [6.07, 6.45) is 5.81. The summed E-state index contributed by atoms with van der Waals surface area (Å²) >= 11 is 0. The Morgan fingerprint density at radius 1 is 1.05 bits per heavy atom. The molecule has 5 heterocycles. The van der Waals surface area contributed by atoms with E-state index in [9.17, 15) is 9.59 Å². The number of carbonyl (C=O) groups is 2. The largest absolute Gasteiger partial charge is 0.367 e. The predicted octanol–water partition coefficient (Wildman–Crippen LogP) is 2.76. The van der Waals surface area contributed by atoms with Crippen molar-refractivity contribution in [2.75, 3.05) is 43.0 Å². The van der Waals surface area contributed by atoms with E-state index in [1.165, 1.54) is 43.7 Å². The average molecular weight is 502 g/mol. The molecule has 0 aliphatic carbocycles. The number of nitrogens with one attached hydrogen (secondary N) is 1. The van der Waals surface area contributed by atoms with Crippen LogP contribution in [0, 0.1) is 0 Å². The molecule has 4 aliphatic rings. The number of nitrogens with zero attached hydrogens (tertiary/aromatic N) is 5. The van der Waals surface area contributed by atoms with Crippen molar-refractivity contribution < 1.29 is 9.59 Å². The van der Waals surface area contributed by atoms with Crippen molar-refractivity contribution in [2.45, 2.75) is 44.6 Å². The van der Waals surface area contributed by atoms with Gasteiger partial charge < -0.3 is 20.4 Å². The van der Waals surface area contributed by atoms with E-state index in [1.807, 2.05) is 42.3 Å². The Balaban J connectivity index is 0.000000164. The molecule has 194 valence electrons. The zero-order valence-corrected chi connectivity index (χ0v) is 21.4. The van der Waals surface area contributed by atoms with Crippen molar-refractivity contribution in [3.8, 4) is 0 Å². The lowest BCUT2D eigenvalue weighted by Crippen LogP contribution is -2.38. The molecule has 3 N–H and O–H groups in total. The van der Waals surface area contributed by atoms with Crippen molar-refractivity contribution in [3.05, 3.63) is 71.3 Å². The monoisotopic (exact) mass is 501 g/mol. The van der Waals surface area contributed by atoms with Crippen LogP contribution in [-0.2, 0) is 17.6 Å². The van der Waals surface area contributed by atoms with E-state index in [4.69, 9.17) is 5.73 Å². The van der Waals surface area contributed by atoms with E-state index >= 15 is 0 Å². The molecule has 2 bridgehead atoms. The summed E-state index contributed by atoms with van der Waals surface area (Å²) in [7, 11) is 1.93. The van der Waals surface area contributed by atoms with Gasteiger partial charge in [-0.15, -0.1) is 5.10 Å². The number of anilines is 2. The molecule has 9 nitrogen and oxygen atoms in total. The second-order valence-electron chi connectivity index (χ2n) is 10.0. The molecule has 9 heteroatoms. The first-order valence-corrected chi connectivity index (χ1v) is 13.1. The lowest BCUT2D eigenvalue weighted by Gasteiger charge is -2.33. The standard InChI is InChI=1S/C18H25N3O.C10H10N4O/c1-19-17-13-16(6-5-14(17)3-2-4-18(19)22)21-12-11-20-9-7-15(21)8-10-20;11-9(15)10-12-8(13-14-10)6-7-4-2-1-3-5-7/h5-6,13,15H,2-4,7-12H2,1H3;1-5H,6H2,(H2,11,15)(H,12,13,14). The van der Waals surface area contributed by atoms with Crippen molar-refractivity contribution >= 4 is 23.2 Å².